The number of thioether (sulfide) groups is 1. The number of aromatic nitrogens is 1. The lowest BCUT2D eigenvalue weighted by Gasteiger charge is -2.37. The maximum atomic E-state index is 12.3. The van der Waals surface area contributed by atoms with Gasteiger partial charge in [0.2, 0.25) is 0 Å². The maximum absolute atomic E-state index is 12.3. The molecule has 1 spiro atoms. The van der Waals surface area contributed by atoms with Crippen molar-refractivity contribution >= 4 is 34.6 Å². The highest BCUT2D eigenvalue weighted by molar-refractivity contribution is 7.99. The van der Waals surface area contributed by atoms with E-state index < -0.39 is 0 Å². The van der Waals surface area contributed by atoms with Gasteiger partial charge in [0.15, 0.2) is 11.5 Å². The molecule has 3 heterocycles. The topological polar surface area (TPSA) is 76.4 Å². The van der Waals surface area contributed by atoms with Crippen LogP contribution in [0, 0.1) is 6.92 Å². The Bertz CT molecular complexity index is 755. The fraction of sp³-hybridized carbons (Fsp3) is 0.529. The van der Waals surface area contributed by atoms with E-state index in [0.29, 0.717) is 17.2 Å². The lowest BCUT2D eigenvalue weighted by molar-refractivity contribution is -0.0682. The number of ether oxygens (including phenoxy) is 1. The molecule has 2 aliphatic rings. The molecular weight excluding hydrogens is 326 g/mol. The number of urea groups is 1. The van der Waals surface area contributed by atoms with Crippen LogP contribution in [0.3, 0.4) is 0 Å². The number of nitrogens with zero attached hydrogens (tertiary/aromatic N) is 1. The van der Waals surface area contributed by atoms with Crippen molar-refractivity contribution in [2.45, 2.75) is 37.8 Å². The van der Waals surface area contributed by atoms with Crippen LogP contribution < -0.4 is 10.6 Å². The Morgan fingerprint density at radius 3 is 3.21 bits per heavy atom. The molecule has 0 aliphatic carbocycles. The average Bonchev–Trinajstić information content (AvgIpc) is 3.12. The molecule has 2 amide bonds. The highest BCUT2D eigenvalue weighted by Gasteiger charge is 2.40. The van der Waals surface area contributed by atoms with Gasteiger partial charge in [-0.05, 0) is 37.1 Å². The van der Waals surface area contributed by atoms with Crippen LogP contribution in [0.25, 0.3) is 11.1 Å². The highest BCUT2D eigenvalue weighted by Crippen LogP contribution is 2.38. The van der Waals surface area contributed by atoms with Gasteiger partial charge in [-0.25, -0.2) is 9.78 Å². The third kappa shape index (κ3) is 3.23. The van der Waals surface area contributed by atoms with Crippen LogP contribution >= 0.6 is 11.8 Å². The Balaban J connectivity index is 1.38. The van der Waals surface area contributed by atoms with Gasteiger partial charge in [-0.1, -0.05) is 0 Å². The Morgan fingerprint density at radius 2 is 2.38 bits per heavy atom. The van der Waals surface area contributed by atoms with Crippen LogP contribution in [0.2, 0.25) is 0 Å². The van der Waals surface area contributed by atoms with Crippen LogP contribution in [-0.4, -0.2) is 40.8 Å². The van der Waals surface area contributed by atoms with E-state index in [1.165, 1.54) is 0 Å². The zero-order chi connectivity index (χ0) is 16.6. The van der Waals surface area contributed by atoms with Gasteiger partial charge in [0, 0.05) is 37.1 Å². The van der Waals surface area contributed by atoms with E-state index in [4.69, 9.17) is 9.15 Å². The molecule has 6 nitrogen and oxygen atoms in total. The number of benzene rings is 1. The number of oxazole rings is 1. The number of aryl methyl sites for hydroxylation is 1. The van der Waals surface area contributed by atoms with E-state index in [2.05, 4.69) is 15.6 Å². The largest absolute Gasteiger partial charge is 0.441 e. The van der Waals surface area contributed by atoms with E-state index in [1.54, 1.807) is 6.07 Å². The number of carbonyl (C=O) groups is 1. The summed E-state index contributed by atoms with van der Waals surface area (Å²) in [5.41, 5.74) is 2.15. The van der Waals surface area contributed by atoms with E-state index >= 15 is 0 Å². The summed E-state index contributed by atoms with van der Waals surface area (Å²) in [6.45, 7) is 2.52. The van der Waals surface area contributed by atoms with E-state index in [9.17, 15) is 4.79 Å². The zero-order valence-corrected chi connectivity index (χ0v) is 14.4. The van der Waals surface area contributed by atoms with Crippen LogP contribution in [0.15, 0.2) is 22.6 Å². The highest BCUT2D eigenvalue weighted by atomic mass is 32.2. The minimum absolute atomic E-state index is 0.0306. The van der Waals surface area contributed by atoms with E-state index in [0.717, 1.165) is 42.9 Å². The smallest absolute Gasteiger partial charge is 0.319 e. The van der Waals surface area contributed by atoms with E-state index in [-0.39, 0.29) is 17.7 Å². The van der Waals surface area contributed by atoms with Gasteiger partial charge in [0.1, 0.15) is 5.52 Å². The summed E-state index contributed by atoms with van der Waals surface area (Å²) in [6.07, 6.45) is 2.84. The molecule has 24 heavy (non-hydrogen) atoms. The first-order valence-corrected chi connectivity index (χ1v) is 9.44. The lowest BCUT2D eigenvalue weighted by Crippen LogP contribution is -2.49. The van der Waals surface area contributed by atoms with Crippen molar-refractivity contribution in [1.82, 2.24) is 10.3 Å². The van der Waals surface area contributed by atoms with Gasteiger partial charge >= 0.3 is 6.03 Å². The van der Waals surface area contributed by atoms with Gasteiger partial charge in [-0.2, -0.15) is 11.8 Å². The second-order valence-corrected chi connectivity index (χ2v) is 7.64. The predicted molar refractivity (Wildman–Crippen MR) is 94.5 cm³/mol. The van der Waals surface area contributed by atoms with Crippen molar-refractivity contribution in [1.29, 1.82) is 0 Å². The molecule has 1 aromatic carbocycles. The average molecular weight is 347 g/mol. The third-order valence-corrected chi connectivity index (χ3v) is 5.87. The fourth-order valence-corrected chi connectivity index (χ4v) is 4.86. The lowest BCUT2D eigenvalue weighted by atomic mass is 9.90. The summed E-state index contributed by atoms with van der Waals surface area (Å²) < 4.78 is 11.5. The third-order valence-electron chi connectivity index (χ3n) is 4.65. The number of fused-ring (bicyclic) bond motifs is 1. The summed E-state index contributed by atoms with van der Waals surface area (Å²) in [5.74, 6) is 2.80. The first kappa shape index (κ1) is 15.8. The molecule has 2 saturated heterocycles. The molecule has 2 aliphatic heterocycles. The van der Waals surface area contributed by atoms with Gasteiger partial charge < -0.3 is 19.8 Å². The van der Waals surface area contributed by atoms with Crippen LogP contribution in [-0.2, 0) is 4.74 Å². The quantitative estimate of drug-likeness (QED) is 0.871. The van der Waals surface area contributed by atoms with Gasteiger partial charge in [-0.15, -0.1) is 0 Å². The van der Waals surface area contributed by atoms with Crippen molar-refractivity contribution in [3.8, 4) is 0 Å². The first-order valence-electron chi connectivity index (χ1n) is 8.28. The Hall–Kier alpha value is -1.73. The molecule has 0 bridgehead atoms. The fourth-order valence-electron chi connectivity index (χ4n) is 3.48. The minimum atomic E-state index is -0.182. The summed E-state index contributed by atoms with van der Waals surface area (Å²) in [4.78, 5) is 16.6. The second kappa shape index (κ2) is 6.29. The van der Waals surface area contributed by atoms with Crippen molar-refractivity contribution in [3.63, 3.8) is 0 Å². The molecule has 0 saturated carbocycles. The molecule has 0 unspecified atom stereocenters. The van der Waals surface area contributed by atoms with Crippen molar-refractivity contribution in [2.75, 3.05) is 23.4 Å². The van der Waals surface area contributed by atoms with Crippen molar-refractivity contribution in [3.05, 3.63) is 24.1 Å². The maximum Gasteiger partial charge on any atom is 0.319 e. The number of nitrogens with one attached hydrogen (secondary N) is 2. The number of rotatable bonds is 2. The minimum Gasteiger partial charge on any atom is -0.441 e. The normalized spacial score (nSPS) is 26.8. The molecule has 0 radical (unpaired) electrons. The van der Waals surface area contributed by atoms with Crippen molar-refractivity contribution in [2.24, 2.45) is 0 Å². The molecule has 2 N–H and O–H groups in total. The zero-order valence-electron chi connectivity index (χ0n) is 13.6. The summed E-state index contributed by atoms with van der Waals surface area (Å²) >= 11 is 1.94. The molecule has 2 fully saturated rings. The standard InChI is InChI=1S/C17H21N3O3S/c1-11-18-14-3-2-12(8-15(14)23-11)19-16(21)20-13-4-6-22-17(9-13)5-7-24-10-17/h2-3,8,13H,4-7,9-10H2,1H3,(H2,19,20,21)/t13-,17+/m0/s1. The molecule has 1 aromatic heterocycles. The van der Waals surface area contributed by atoms with Gasteiger partial charge in [0.25, 0.3) is 0 Å². The molecule has 7 heteroatoms. The first-order chi connectivity index (χ1) is 11.6. The number of amides is 2. The number of hydrogen-bond acceptors (Lipinski definition) is 5. The summed E-state index contributed by atoms with van der Waals surface area (Å²) in [6, 6.07) is 5.46. The Morgan fingerprint density at radius 1 is 1.46 bits per heavy atom. The van der Waals surface area contributed by atoms with Crippen LogP contribution in [0.4, 0.5) is 10.5 Å². The molecule has 2 aromatic rings. The second-order valence-electron chi connectivity index (χ2n) is 6.54. The van der Waals surface area contributed by atoms with Crippen molar-refractivity contribution < 1.29 is 13.9 Å². The van der Waals surface area contributed by atoms with Crippen LogP contribution in [0.5, 0.6) is 0 Å². The monoisotopic (exact) mass is 347 g/mol. The van der Waals surface area contributed by atoms with Gasteiger partial charge in [-0.3, -0.25) is 0 Å². The summed E-state index contributed by atoms with van der Waals surface area (Å²) in [5, 5.41) is 5.97. The van der Waals surface area contributed by atoms with Gasteiger partial charge in [0.05, 0.1) is 5.60 Å². The summed E-state index contributed by atoms with van der Waals surface area (Å²) in [7, 11) is 0. The molecule has 2 atom stereocenters. The molecule has 128 valence electrons. The van der Waals surface area contributed by atoms with E-state index in [1.807, 2.05) is 30.8 Å². The number of anilines is 1. The SMILES string of the molecule is Cc1nc2ccc(NC(=O)N[C@H]3CCO[C@]4(CCSC4)C3)cc2o1. The number of carbonyl (C=O) groups excluding carboxylic acids is 1. The predicted octanol–water partition coefficient (Wildman–Crippen LogP) is 3.31. The molecular formula is C17H21N3O3S. The Kier molecular flexibility index (Phi) is 4.14. The molecule has 4 rings (SSSR count). The van der Waals surface area contributed by atoms with Crippen LogP contribution in [0.1, 0.15) is 25.2 Å². The number of hydrogen-bond donors (Lipinski definition) is 2. The Labute approximate surface area is 144 Å².